The number of rotatable bonds is 6. The van der Waals surface area contributed by atoms with Gasteiger partial charge in [-0.1, -0.05) is 18.2 Å². The third kappa shape index (κ3) is 3.93. The Morgan fingerprint density at radius 3 is 2.87 bits per heavy atom. The van der Waals surface area contributed by atoms with Crippen molar-refractivity contribution in [1.29, 1.82) is 0 Å². The number of aromatic nitrogens is 1. The topological polar surface area (TPSA) is 45.2 Å². The Bertz CT molecular complexity index is 770. The molecule has 3 nitrogen and oxygen atoms in total. The second-order valence-electron chi connectivity index (χ2n) is 5.65. The zero-order valence-electron chi connectivity index (χ0n) is 12.9. The van der Waals surface area contributed by atoms with E-state index in [2.05, 4.69) is 23.3 Å². The standard InChI is InChI=1S/C18H19FN2OS/c1-12(8-18-21-16-4-2-3-5-17(16)23-18)20-10-13-6-7-15(19)14(9-13)11-22/h2-7,9,12,20,22H,8,10-11H2,1H3. The largest absolute Gasteiger partial charge is 0.392 e. The fourth-order valence-electron chi connectivity index (χ4n) is 2.49. The number of aliphatic hydroxyl groups excluding tert-OH is 1. The lowest BCUT2D eigenvalue weighted by Gasteiger charge is -2.13. The molecule has 0 saturated heterocycles. The molecule has 5 heteroatoms. The normalized spacial score (nSPS) is 12.7. The van der Waals surface area contributed by atoms with E-state index in [0.29, 0.717) is 12.1 Å². The number of benzene rings is 2. The first-order valence-corrected chi connectivity index (χ1v) is 8.43. The van der Waals surface area contributed by atoms with Crippen molar-refractivity contribution in [3.05, 3.63) is 64.4 Å². The van der Waals surface area contributed by atoms with E-state index in [4.69, 9.17) is 5.11 Å². The molecule has 0 saturated carbocycles. The first-order valence-electron chi connectivity index (χ1n) is 7.61. The molecule has 0 aliphatic heterocycles. The molecule has 2 N–H and O–H groups in total. The molecule has 0 amide bonds. The molecule has 1 unspecified atom stereocenters. The minimum atomic E-state index is -0.362. The minimum Gasteiger partial charge on any atom is -0.392 e. The van der Waals surface area contributed by atoms with Gasteiger partial charge in [0.2, 0.25) is 0 Å². The third-order valence-corrected chi connectivity index (χ3v) is 4.81. The Morgan fingerprint density at radius 1 is 1.26 bits per heavy atom. The maximum Gasteiger partial charge on any atom is 0.128 e. The summed E-state index contributed by atoms with van der Waals surface area (Å²) in [6.07, 6.45) is 0.855. The average Bonchev–Trinajstić information content (AvgIpc) is 2.96. The molecule has 0 radical (unpaired) electrons. The van der Waals surface area contributed by atoms with E-state index in [1.807, 2.05) is 18.2 Å². The van der Waals surface area contributed by atoms with Gasteiger partial charge in [0.15, 0.2) is 0 Å². The van der Waals surface area contributed by atoms with Crippen LogP contribution in [0.4, 0.5) is 4.39 Å². The highest BCUT2D eigenvalue weighted by Gasteiger charge is 2.09. The SMILES string of the molecule is CC(Cc1nc2ccccc2s1)NCc1ccc(F)c(CO)c1. The van der Waals surface area contributed by atoms with E-state index >= 15 is 0 Å². The van der Waals surface area contributed by atoms with Crippen molar-refractivity contribution in [2.45, 2.75) is 32.5 Å². The van der Waals surface area contributed by atoms with Crippen molar-refractivity contribution in [2.75, 3.05) is 0 Å². The van der Waals surface area contributed by atoms with Crippen LogP contribution in [0, 0.1) is 5.82 Å². The fraction of sp³-hybridized carbons (Fsp3) is 0.278. The van der Waals surface area contributed by atoms with Crippen molar-refractivity contribution < 1.29 is 9.50 Å². The number of nitrogens with one attached hydrogen (secondary N) is 1. The summed E-state index contributed by atoms with van der Waals surface area (Å²) in [5, 5.41) is 13.7. The average molecular weight is 330 g/mol. The van der Waals surface area contributed by atoms with Gasteiger partial charge >= 0.3 is 0 Å². The number of hydrogen-bond acceptors (Lipinski definition) is 4. The van der Waals surface area contributed by atoms with Gasteiger partial charge in [0.1, 0.15) is 5.82 Å². The zero-order chi connectivity index (χ0) is 16.2. The second kappa shape index (κ2) is 7.17. The summed E-state index contributed by atoms with van der Waals surface area (Å²) in [4.78, 5) is 4.64. The first-order chi connectivity index (χ1) is 11.2. The summed E-state index contributed by atoms with van der Waals surface area (Å²) in [5.41, 5.74) is 2.35. The smallest absolute Gasteiger partial charge is 0.128 e. The van der Waals surface area contributed by atoms with Crippen LogP contribution in [0.1, 0.15) is 23.1 Å². The van der Waals surface area contributed by atoms with Crippen LogP contribution in [0.3, 0.4) is 0 Å². The van der Waals surface area contributed by atoms with Gasteiger partial charge in [-0.05, 0) is 36.8 Å². The highest BCUT2D eigenvalue weighted by Crippen LogP contribution is 2.22. The number of fused-ring (bicyclic) bond motifs is 1. The fourth-order valence-corrected chi connectivity index (χ4v) is 3.59. The van der Waals surface area contributed by atoms with E-state index in [-0.39, 0.29) is 18.5 Å². The molecular weight excluding hydrogens is 311 g/mol. The monoisotopic (exact) mass is 330 g/mol. The molecule has 0 fully saturated rings. The van der Waals surface area contributed by atoms with Gasteiger partial charge in [0, 0.05) is 24.6 Å². The van der Waals surface area contributed by atoms with Crippen molar-refractivity contribution in [3.8, 4) is 0 Å². The summed E-state index contributed by atoms with van der Waals surface area (Å²) < 4.78 is 14.6. The van der Waals surface area contributed by atoms with E-state index in [0.717, 1.165) is 22.5 Å². The van der Waals surface area contributed by atoms with Crippen molar-refractivity contribution >= 4 is 21.6 Å². The number of thiazole rings is 1. The van der Waals surface area contributed by atoms with Crippen LogP contribution in [0.5, 0.6) is 0 Å². The van der Waals surface area contributed by atoms with Gasteiger partial charge in [-0.25, -0.2) is 9.37 Å². The highest BCUT2D eigenvalue weighted by atomic mass is 32.1. The molecule has 0 spiro atoms. The van der Waals surface area contributed by atoms with E-state index < -0.39 is 0 Å². The quantitative estimate of drug-likeness (QED) is 0.725. The van der Waals surface area contributed by atoms with Gasteiger partial charge in [-0.3, -0.25) is 0 Å². The Balaban J connectivity index is 1.60. The molecule has 3 rings (SSSR count). The lowest BCUT2D eigenvalue weighted by atomic mass is 10.1. The third-order valence-electron chi connectivity index (χ3n) is 3.75. The van der Waals surface area contributed by atoms with Crippen LogP contribution >= 0.6 is 11.3 Å². The van der Waals surface area contributed by atoms with Crippen LogP contribution in [-0.2, 0) is 19.6 Å². The van der Waals surface area contributed by atoms with Gasteiger partial charge in [0.25, 0.3) is 0 Å². The molecule has 23 heavy (non-hydrogen) atoms. The molecule has 0 aliphatic carbocycles. The molecule has 0 aliphatic rings. The van der Waals surface area contributed by atoms with Gasteiger partial charge in [-0.15, -0.1) is 11.3 Å². The van der Waals surface area contributed by atoms with Crippen LogP contribution in [-0.4, -0.2) is 16.1 Å². The van der Waals surface area contributed by atoms with Crippen LogP contribution < -0.4 is 5.32 Å². The number of para-hydroxylation sites is 1. The zero-order valence-corrected chi connectivity index (χ0v) is 13.7. The predicted molar refractivity (Wildman–Crippen MR) is 91.9 cm³/mol. The Hall–Kier alpha value is -1.82. The van der Waals surface area contributed by atoms with Gasteiger partial charge < -0.3 is 10.4 Å². The maximum absolute atomic E-state index is 13.4. The molecule has 2 aromatic carbocycles. The Kier molecular flexibility index (Phi) is 5.00. The molecule has 0 bridgehead atoms. The Morgan fingerprint density at radius 2 is 2.09 bits per heavy atom. The van der Waals surface area contributed by atoms with Crippen molar-refractivity contribution in [2.24, 2.45) is 0 Å². The molecule has 1 atom stereocenters. The number of halogens is 1. The number of hydrogen-bond donors (Lipinski definition) is 2. The van der Waals surface area contributed by atoms with Gasteiger partial charge in [-0.2, -0.15) is 0 Å². The summed E-state index contributed by atoms with van der Waals surface area (Å²) in [5.74, 6) is -0.362. The molecule has 120 valence electrons. The molecule has 3 aromatic rings. The van der Waals surface area contributed by atoms with Crippen LogP contribution in [0.15, 0.2) is 42.5 Å². The highest BCUT2D eigenvalue weighted by molar-refractivity contribution is 7.18. The lowest BCUT2D eigenvalue weighted by Crippen LogP contribution is -2.27. The summed E-state index contributed by atoms with van der Waals surface area (Å²) in [7, 11) is 0. The summed E-state index contributed by atoms with van der Waals surface area (Å²) in [6.45, 7) is 2.48. The van der Waals surface area contributed by atoms with E-state index in [9.17, 15) is 4.39 Å². The van der Waals surface area contributed by atoms with Gasteiger partial charge in [0.05, 0.1) is 21.8 Å². The first kappa shape index (κ1) is 16.1. The number of aliphatic hydroxyl groups is 1. The predicted octanol–water partition coefficient (Wildman–Crippen LogP) is 3.65. The van der Waals surface area contributed by atoms with Crippen LogP contribution in [0.2, 0.25) is 0 Å². The van der Waals surface area contributed by atoms with E-state index in [1.54, 1.807) is 23.5 Å². The maximum atomic E-state index is 13.4. The Labute approximate surface area is 138 Å². The second-order valence-corrected chi connectivity index (χ2v) is 6.76. The van der Waals surface area contributed by atoms with E-state index in [1.165, 1.54) is 10.8 Å². The number of nitrogens with zero attached hydrogens (tertiary/aromatic N) is 1. The molecule has 1 heterocycles. The molecular formula is C18H19FN2OS. The summed E-state index contributed by atoms with van der Waals surface area (Å²) >= 11 is 1.72. The summed E-state index contributed by atoms with van der Waals surface area (Å²) in [6, 6.07) is 13.3. The van der Waals surface area contributed by atoms with Crippen molar-refractivity contribution in [1.82, 2.24) is 10.3 Å². The van der Waals surface area contributed by atoms with Crippen LogP contribution in [0.25, 0.3) is 10.2 Å². The van der Waals surface area contributed by atoms with Crippen molar-refractivity contribution in [3.63, 3.8) is 0 Å². The minimum absolute atomic E-state index is 0.262. The molecule has 1 aromatic heterocycles. The lowest BCUT2D eigenvalue weighted by molar-refractivity contribution is 0.275.